The van der Waals surface area contributed by atoms with Crippen LogP contribution < -0.4 is 10.0 Å². The Labute approximate surface area is 130 Å². The summed E-state index contributed by atoms with van der Waals surface area (Å²) < 4.78 is 28.1. The van der Waals surface area contributed by atoms with E-state index >= 15 is 0 Å². The van der Waals surface area contributed by atoms with Crippen molar-refractivity contribution >= 4 is 43.1 Å². The molecule has 0 aliphatic carbocycles. The van der Waals surface area contributed by atoms with Gasteiger partial charge in [0, 0.05) is 17.6 Å². The molecule has 108 valence electrons. The Kier molecular flexibility index (Phi) is 4.79. The maximum absolute atomic E-state index is 12.3. The summed E-state index contributed by atoms with van der Waals surface area (Å²) in [5, 5.41) is 3.02. The van der Waals surface area contributed by atoms with Gasteiger partial charge in [-0.05, 0) is 53.7 Å². The lowest BCUT2D eigenvalue weighted by atomic mass is 10.3. The van der Waals surface area contributed by atoms with Crippen LogP contribution >= 0.6 is 27.3 Å². The zero-order valence-electron chi connectivity index (χ0n) is 11.0. The van der Waals surface area contributed by atoms with Crippen LogP contribution in [0.4, 0.5) is 5.82 Å². The lowest BCUT2D eigenvalue weighted by Gasteiger charge is -2.06. The van der Waals surface area contributed by atoms with Crippen LogP contribution in [0.15, 0.2) is 33.1 Å². The largest absolute Gasteiger partial charge is 0.315 e. The molecule has 2 aromatic heterocycles. The predicted molar refractivity (Wildman–Crippen MR) is 84.6 cm³/mol. The first-order valence-corrected chi connectivity index (χ1v) is 8.90. The van der Waals surface area contributed by atoms with Crippen LogP contribution in [0.1, 0.15) is 10.4 Å². The number of hydrogen-bond acceptors (Lipinski definition) is 5. The molecule has 0 aliphatic heterocycles. The highest BCUT2D eigenvalue weighted by Crippen LogP contribution is 2.28. The number of aryl methyl sites for hydroxylation is 1. The molecule has 0 bridgehead atoms. The van der Waals surface area contributed by atoms with E-state index in [1.54, 1.807) is 18.2 Å². The Morgan fingerprint density at radius 2 is 2.20 bits per heavy atom. The molecule has 0 saturated heterocycles. The standard InChI is InChI=1S/C12H14BrN3O2S2/c1-8-6-11(19-10(8)7-14-2)20(17,18)16-12-9(13)4-3-5-15-12/h3-6,14H,7H2,1-2H3,(H,15,16). The number of halogens is 1. The molecule has 0 amide bonds. The van der Waals surface area contributed by atoms with E-state index in [0.29, 0.717) is 11.0 Å². The first-order chi connectivity index (χ1) is 9.44. The van der Waals surface area contributed by atoms with E-state index < -0.39 is 10.0 Å². The first-order valence-electron chi connectivity index (χ1n) is 5.81. The van der Waals surface area contributed by atoms with Crippen molar-refractivity contribution in [2.24, 2.45) is 0 Å². The van der Waals surface area contributed by atoms with Crippen LogP contribution in [0.2, 0.25) is 0 Å². The Hall–Kier alpha value is -0.960. The predicted octanol–water partition coefficient (Wildman–Crippen LogP) is 2.73. The second kappa shape index (κ2) is 6.21. The van der Waals surface area contributed by atoms with Crippen LogP contribution in [0.25, 0.3) is 0 Å². The number of thiophene rings is 1. The summed E-state index contributed by atoms with van der Waals surface area (Å²) in [7, 11) is -1.78. The van der Waals surface area contributed by atoms with E-state index in [4.69, 9.17) is 0 Å². The highest BCUT2D eigenvalue weighted by Gasteiger charge is 2.20. The average Bonchev–Trinajstić information content (AvgIpc) is 2.75. The van der Waals surface area contributed by atoms with Gasteiger partial charge in [0.2, 0.25) is 0 Å². The van der Waals surface area contributed by atoms with Crippen molar-refractivity contribution in [1.82, 2.24) is 10.3 Å². The van der Waals surface area contributed by atoms with Gasteiger partial charge < -0.3 is 5.32 Å². The fourth-order valence-corrected chi connectivity index (χ4v) is 4.71. The van der Waals surface area contributed by atoms with Crippen molar-refractivity contribution in [2.75, 3.05) is 11.8 Å². The summed E-state index contributed by atoms with van der Waals surface area (Å²) in [6, 6.07) is 5.13. The van der Waals surface area contributed by atoms with Crippen LogP contribution in [0, 0.1) is 6.92 Å². The number of aromatic nitrogens is 1. The number of nitrogens with zero attached hydrogens (tertiary/aromatic N) is 1. The Morgan fingerprint density at radius 3 is 2.85 bits per heavy atom. The highest BCUT2D eigenvalue weighted by molar-refractivity contribution is 9.10. The van der Waals surface area contributed by atoms with Gasteiger partial charge in [-0.15, -0.1) is 11.3 Å². The topological polar surface area (TPSA) is 71.1 Å². The number of nitrogens with one attached hydrogen (secondary N) is 2. The van der Waals surface area contributed by atoms with E-state index in [-0.39, 0.29) is 10.0 Å². The minimum absolute atomic E-state index is 0.286. The highest BCUT2D eigenvalue weighted by atomic mass is 79.9. The van der Waals surface area contributed by atoms with Crippen molar-refractivity contribution in [3.05, 3.63) is 39.3 Å². The van der Waals surface area contributed by atoms with E-state index in [1.165, 1.54) is 17.5 Å². The van der Waals surface area contributed by atoms with E-state index in [2.05, 4.69) is 31.0 Å². The molecule has 20 heavy (non-hydrogen) atoms. The third-order valence-corrected chi connectivity index (χ3v) is 6.28. The van der Waals surface area contributed by atoms with Gasteiger partial charge in [-0.25, -0.2) is 13.4 Å². The molecule has 0 aliphatic rings. The molecule has 0 atom stereocenters. The minimum Gasteiger partial charge on any atom is -0.315 e. The van der Waals surface area contributed by atoms with Crippen LogP contribution in [0.5, 0.6) is 0 Å². The molecular formula is C12H14BrN3O2S2. The van der Waals surface area contributed by atoms with Gasteiger partial charge in [0.1, 0.15) is 4.21 Å². The molecule has 0 saturated carbocycles. The van der Waals surface area contributed by atoms with Gasteiger partial charge in [0.15, 0.2) is 5.82 Å². The third kappa shape index (κ3) is 3.38. The van der Waals surface area contributed by atoms with E-state index in [1.807, 2.05) is 14.0 Å². The van der Waals surface area contributed by atoms with Gasteiger partial charge in [0.25, 0.3) is 10.0 Å². The average molecular weight is 376 g/mol. The van der Waals surface area contributed by atoms with Gasteiger partial charge in [-0.2, -0.15) is 0 Å². The SMILES string of the molecule is CNCc1sc(S(=O)(=O)Nc2ncccc2Br)cc1C. The molecule has 2 heterocycles. The maximum atomic E-state index is 12.3. The van der Waals surface area contributed by atoms with Crippen LogP contribution in [-0.2, 0) is 16.6 Å². The molecule has 2 N–H and O–H groups in total. The fraction of sp³-hybridized carbons (Fsp3) is 0.250. The minimum atomic E-state index is -3.61. The number of anilines is 1. The monoisotopic (exact) mass is 375 g/mol. The fourth-order valence-electron chi connectivity index (χ4n) is 1.60. The summed E-state index contributed by atoms with van der Waals surface area (Å²) in [5.41, 5.74) is 0.963. The van der Waals surface area contributed by atoms with Gasteiger partial charge in [0.05, 0.1) is 4.47 Å². The molecule has 0 spiro atoms. The molecule has 0 unspecified atom stereocenters. The second-order valence-electron chi connectivity index (χ2n) is 4.14. The van der Waals surface area contributed by atoms with Crippen LogP contribution in [0.3, 0.4) is 0 Å². The van der Waals surface area contributed by atoms with E-state index in [9.17, 15) is 8.42 Å². The third-order valence-electron chi connectivity index (χ3n) is 2.59. The maximum Gasteiger partial charge on any atom is 0.272 e. The Bertz CT molecular complexity index is 713. The zero-order chi connectivity index (χ0) is 14.8. The molecule has 8 heteroatoms. The zero-order valence-corrected chi connectivity index (χ0v) is 14.2. The first kappa shape index (κ1) is 15.4. The second-order valence-corrected chi connectivity index (χ2v) is 8.04. The molecule has 0 aromatic carbocycles. The molecule has 0 radical (unpaired) electrons. The molecule has 2 rings (SSSR count). The summed E-state index contributed by atoms with van der Waals surface area (Å²) >= 11 is 4.53. The summed E-state index contributed by atoms with van der Waals surface area (Å²) in [5.74, 6) is 0.286. The summed E-state index contributed by atoms with van der Waals surface area (Å²) in [6.45, 7) is 2.55. The smallest absolute Gasteiger partial charge is 0.272 e. The number of rotatable bonds is 5. The van der Waals surface area contributed by atoms with Crippen molar-refractivity contribution in [3.8, 4) is 0 Å². The summed E-state index contributed by atoms with van der Waals surface area (Å²) in [4.78, 5) is 5.02. The van der Waals surface area contributed by atoms with Gasteiger partial charge in [-0.1, -0.05) is 0 Å². The Balaban J connectivity index is 2.31. The number of sulfonamides is 1. The number of hydrogen-bond donors (Lipinski definition) is 2. The van der Waals surface area contributed by atoms with Crippen molar-refractivity contribution in [2.45, 2.75) is 17.7 Å². The molecular weight excluding hydrogens is 362 g/mol. The van der Waals surface area contributed by atoms with Crippen molar-refractivity contribution < 1.29 is 8.42 Å². The van der Waals surface area contributed by atoms with Gasteiger partial charge in [-0.3, -0.25) is 4.72 Å². The van der Waals surface area contributed by atoms with Crippen molar-refractivity contribution in [3.63, 3.8) is 0 Å². The van der Waals surface area contributed by atoms with Crippen LogP contribution in [-0.4, -0.2) is 20.4 Å². The van der Waals surface area contributed by atoms with Crippen molar-refractivity contribution in [1.29, 1.82) is 0 Å². The lowest BCUT2D eigenvalue weighted by Crippen LogP contribution is -2.12. The quantitative estimate of drug-likeness (QED) is 0.842. The van der Waals surface area contributed by atoms with E-state index in [0.717, 1.165) is 10.4 Å². The molecule has 0 fully saturated rings. The number of pyridine rings is 1. The molecule has 5 nitrogen and oxygen atoms in total. The van der Waals surface area contributed by atoms with Gasteiger partial charge >= 0.3 is 0 Å². The lowest BCUT2D eigenvalue weighted by molar-refractivity contribution is 0.603. The normalized spacial score (nSPS) is 11.6. The summed E-state index contributed by atoms with van der Waals surface area (Å²) in [6.07, 6.45) is 1.54. The Morgan fingerprint density at radius 1 is 1.45 bits per heavy atom. The molecule has 2 aromatic rings.